The molecule has 12 rings (SSSR count). The molecule has 0 amide bonds. The van der Waals surface area contributed by atoms with Crippen molar-refractivity contribution in [3.05, 3.63) is 182 Å². The smallest absolute Gasteiger partial charge is 0.140 e. The summed E-state index contributed by atoms with van der Waals surface area (Å²) in [6.07, 6.45) is 0. The maximum absolute atomic E-state index is 5.28. The molecule has 0 aliphatic rings. The molecule has 2 aromatic heterocycles. The summed E-state index contributed by atoms with van der Waals surface area (Å²) >= 11 is 0. The van der Waals surface area contributed by atoms with Crippen LogP contribution in [0.4, 0.5) is 0 Å². The van der Waals surface area contributed by atoms with Crippen LogP contribution in [-0.2, 0) is 14.1 Å². The molecule has 0 spiro atoms. The van der Waals surface area contributed by atoms with Crippen molar-refractivity contribution in [1.82, 2.24) is 19.1 Å². The third-order valence-corrected chi connectivity index (χ3v) is 12.3. The van der Waals surface area contributed by atoms with Crippen molar-refractivity contribution < 1.29 is 0 Å². The van der Waals surface area contributed by atoms with E-state index in [1.807, 2.05) is 0 Å². The Bertz CT molecular complexity index is 3380. The fraction of sp³-hybridized carbons (Fsp3) is 0.0370. The Morgan fingerprint density at radius 1 is 0.276 bits per heavy atom. The first-order chi connectivity index (χ1) is 28.6. The molecular formula is C54H36N4. The van der Waals surface area contributed by atoms with E-state index in [9.17, 15) is 0 Å². The van der Waals surface area contributed by atoms with Crippen molar-refractivity contribution in [3.8, 4) is 45.0 Å². The minimum absolute atomic E-state index is 0.965. The molecule has 10 aromatic carbocycles. The summed E-state index contributed by atoms with van der Waals surface area (Å²) in [4.78, 5) is 10.6. The van der Waals surface area contributed by atoms with Gasteiger partial charge in [0.25, 0.3) is 0 Å². The van der Waals surface area contributed by atoms with E-state index in [-0.39, 0.29) is 0 Å². The van der Waals surface area contributed by atoms with Crippen molar-refractivity contribution in [1.29, 1.82) is 0 Å². The van der Waals surface area contributed by atoms with Crippen LogP contribution >= 0.6 is 0 Å². The SMILES string of the molecule is Cn1c(-c2ccc(-c3cccc4c(-c5ccc(-c6nc7c8ccccc8c8ccccc8c7n6C)cc5)cccc34)cc2)nc2c3ccccc3c3ccccc3c21. The molecule has 0 atom stereocenters. The highest BCUT2D eigenvalue weighted by Crippen LogP contribution is 2.40. The maximum Gasteiger partial charge on any atom is 0.140 e. The number of hydrogen-bond donors (Lipinski definition) is 0. The van der Waals surface area contributed by atoms with Gasteiger partial charge in [0.15, 0.2) is 0 Å². The molecule has 58 heavy (non-hydrogen) atoms. The zero-order chi connectivity index (χ0) is 38.5. The first-order valence-electron chi connectivity index (χ1n) is 19.9. The number of hydrogen-bond acceptors (Lipinski definition) is 2. The number of nitrogens with zero attached hydrogens (tertiary/aromatic N) is 4. The summed E-state index contributed by atoms with van der Waals surface area (Å²) in [6, 6.07) is 65.7. The molecule has 0 bridgehead atoms. The normalized spacial score (nSPS) is 12.0. The lowest BCUT2D eigenvalue weighted by Crippen LogP contribution is -1.93. The van der Waals surface area contributed by atoms with Gasteiger partial charge in [-0.1, -0.05) is 182 Å². The largest absolute Gasteiger partial charge is 0.327 e. The van der Waals surface area contributed by atoms with Crippen LogP contribution in [0.5, 0.6) is 0 Å². The van der Waals surface area contributed by atoms with Crippen LogP contribution in [0.25, 0.3) is 121 Å². The van der Waals surface area contributed by atoms with Crippen molar-refractivity contribution in [2.45, 2.75) is 0 Å². The fourth-order valence-corrected chi connectivity index (χ4v) is 9.61. The minimum Gasteiger partial charge on any atom is -0.327 e. The summed E-state index contributed by atoms with van der Waals surface area (Å²) in [5.74, 6) is 1.93. The van der Waals surface area contributed by atoms with Crippen LogP contribution < -0.4 is 0 Å². The van der Waals surface area contributed by atoms with Crippen LogP contribution in [0.15, 0.2) is 182 Å². The minimum atomic E-state index is 0.965. The van der Waals surface area contributed by atoms with Crippen LogP contribution in [0, 0.1) is 0 Å². The zero-order valence-electron chi connectivity index (χ0n) is 32.1. The molecule has 0 fully saturated rings. The van der Waals surface area contributed by atoms with Gasteiger partial charge in [-0.3, -0.25) is 0 Å². The standard InChI is InChI=1S/C54H36N4/c1-57-51-47-19-9-5-15-43(47)41-13-3-7-17-45(41)49(51)55-53(57)35-29-25-33(26-30-35)37-21-11-24-40-38(22-12-23-39(37)40)34-27-31-36(32-28-34)54-56-50-46-18-8-4-14-42(46)44-16-6-10-20-48(44)52(50)58(54)2/h3-32H,1-2H3. The number of aryl methyl sites for hydroxylation is 2. The van der Waals surface area contributed by atoms with Gasteiger partial charge in [-0.25, -0.2) is 9.97 Å². The summed E-state index contributed by atoms with van der Waals surface area (Å²) < 4.78 is 4.52. The fourth-order valence-electron chi connectivity index (χ4n) is 9.61. The molecule has 0 saturated carbocycles. The summed E-state index contributed by atoms with van der Waals surface area (Å²) in [5, 5.41) is 12.3. The Morgan fingerprint density at radius 2 is 0.569 bits per heavy atom. The molecule has 0 unspecified atom stereocenters. The van der Waals surface area contributed by atoms with Gasteiger partial charge in [-0.05, 0) is 54.6 Å². The summed E-state index contributed by atoms with van der Waals surface area (Å²) in [6.45, 7) is 0. The van der Waals surface area contributed by atoms with Crippen molar-refractivity contribution in [3.63, 3.8) is 0 Å². The molecule has 12 aromatic rings. The zero-order valence-corrected chi connectivity index (χ0v) is 32.1. The molecule has 2 heterocycles. The van der Waals surface area contributed by atoms with Crippen molar-refractivity contribution in [2.75, 3.05) is 0 Å². The van der Waals surface area contributed by atoms with E-state index in [0.29, 0.717) is 0 Å². The second-order valence-electron chi connectivity index (χ2n) is 15.4. The van der Waals surface area contributed by atoms with E-state index in [0.717, 1.165) is 33.8 Å². The van der Waals surface area contributed by atoms with E-state index in [4.69, 9.17) is 9.97 Å². The number of imidazole rings is 2. The lowest BCUT2D eigenvalue weighted by atomic mass is 9.92. The van der Waals surface area contributed by atoms with Gasteiger partial charge < -0.3 is 9.13 Å². The second kappa shape index (κ2) is 12.5. The van der Waals surface area contributed by atoms with Gasteiger partial charge in [0.05, 0.1) is 22.1 Å². The molecule has 0 radical (unpaired) electrons. The molecular weight excluding hydrogens is 705 g/mol. The highest BCUT2D eigenvalue weighted by Gasteiger charge is 2.19. The van der Waals surface area contributed by atoms with Crippen LogP contribution in [0.2, 0.25) is 0 Å². The van der Waals surface area contributed by atoms with Gasteiger partial charge >= 0.3 is 0 Å². The third kappa shape index (κ3) is 4.69. The molecule has 0 aliphatic carbocycles. The predicted octanol–water partition coefficient (Wildman–Crippen LogP) is 13.9. The molecule has 272 valence electrons. The topological polar surface area (TPSA) is 35.6 Å². The second-order valence-corrected chi connectivity index (χ2v) is 15.4. The van der Waals surface area contributed by atoms with Crippen molar-refractivity contribution >= 4 is 75.9 Å². The van der Waals surface area contributed by atoms with E-state index in [1.54, 1.807) is 0 Å². The predicted molar refractivity (Wildman–Crippen MR) is 244 cm³/mol. The Hall–Kier alpha value is -7.56. The van der Waals surface area contributed by atoms with Gasteiger partial charge in [-0.15, -0.1) is 0 Å². The maximum atomic E-state index is 5.28. The summed E-state index contributed by atoms with van der Waals surface area (Å²) in [5.41, 5.74) is 11.4. The van der Waals surface area contributed by atoms with Gasteiger partial charge in [0.2, 0.25) is 0 Å². The van der Waals surface area contributed by atoms with E-state index in [2.05, 4.69) is 205 Å². The van der Waals surface area contributed by atoms with Gasteiger partial charge in [-0.2, -0.15) is 0 Å². The molecule has 4 nitrogen and oxygen atoms in total. The number of aromatic nitrogens is 4. The van der Waals surface area contributed by atoms with Crippen LogP contribution in [0.1, 0.15) is 0 Å². The Balaban J connectivity index is 0.914. The van der Waals surface area contributed by atoms with Crippen LogP contribution in [0.3, 0.4) is 0 Å². The lowest BCUT2D eigenvalue weighted by molar-refractivity contribution is 0.962. The third-order valence-electron chi connectivity index (χ3n) is 12.3. The average molecular weight is 741 g/mol. The van der Waals surface area contributed by atoms with Crippen LogP contribution in [-0.4, -0.2) is 19.1 Å². The summed E-state index contributed by atoms with van der Waals surface area (Å²) in [7, 11) is 4.28. The first kappa shape index (κ1) is 32.7. The molecule has 0 saturated heterocycles. The number of rotatable bonds is 4. The highest BCUT2D eigenvalue weighted by atomic mass is 15.1. The number of benzene rings is 10. The van der Waals surface area contributed by atoms with Gasteiger partial charge in [0.1, 0.15) is 11.6 Å². The molecule has 0 N–H and O–H groups in total. The lowest BCUT2D eigenvalue weighted by Gasteiger charge is -2.12. The first-order valence-corrected chi connectivity index (χ1v) is 19.9. The molecule has 4 heteroatoms. The van der Waals surface area contributed by atoms with Gasteiger partial charge in [0, 0.05) is 46.8 Å². The quantitative estimate of drug-likeness (QED) is 0.168. The Morgan fingerprint density at radius 3 is 0.948 bits per heavy atom. The van der Waals surface area contributed by atoms with E-state index < -0.39 is 0 Å². The Labute approximate surface area is 334 Å². The Kier molecular flexibility index (Phi) is 7.02. The van der Waals surface area contributed by atoms with E-state index in [1.165, 1.54) is 87.1 Å². The highest BCUT2D eigenvalue weighted by molar-refractivity contribution is 6.25. The van der Waals surface area contributed by atoms with Crippen molar-refractivity contribution in [2.24, 2.45) is 14.1 Å². The number of fused-ring (bicyclic) bond motifs is 13. The molecule has 0 aliphatic heterocycles. The average Bonchev–Trinajstić information content (AvgIpc) is 3.83. The van der Waals surface area contributed by atoms with E-state index >= 15 is 0 Å². The monoisotopic (exact) mass is 740 g/mol.